The van der Waals surface area contributed by atoms with Crippen molar-refractivity contribution in [3.63, 3.8) is 0 Å². The highest BCUT2D eigenvalue weighted by Gasteiger charge is 2.34. The smallest absolute Gasteiger partial charge is 0.271 e. The number of benzene rings is 2. The van der Waals surface area contributed by atoms with Crippen LogP contribution >= 0.6 is 34.2 Å². The van der Waals surface area contributed by atoms with Crippen molar-refractivity contribution in [2.24, 2.45) is 5.10 Å². The van der Waals surface area contributed by atoms with E-state index in [2.05, 4.69) is 71.9 Å². The Kier molecular flexibility index (Phi) is 6.43. The minimum absolute atomic E-state index is 0.0773. The van der Waals surface area contributed by atoms with Gasteiger partial charge in [0.1, 0.15) is 5.75 Å². The molecule has 2 aromatic rings. The highest BCUT2D eigenvalue weighted by molar-refractivity contribution is 14.1. The molecule has 0 bridgehead atoms. The molecular weight excluding hydrogens is 501 g/mol. The van der Waals surface area contributed by atoms with E-state index in [1.165, 1.54) is 5.56 Å². The van der Waals surface area contributed by atoms with Gasteiger partial charge < -0.3 is 9.64 Å². The molecule has 0 aliphatic carbocycles. The summed E-state index contributed by atoms with van der Waals surface area (Å²) in [6.07, 6.45) is 2.65. The zero-order chi connectivity index (χ0) is 21.3. The maximum atomic E-state index is 12.4. The molecule has 0 fully saturated rings. The van der Waals surface area contributed by atoms with E-state index in [1.807, 2.05) is 12.1 Å². The van der Waals surface area contributed by atoms with Crippen molar-refractivity contribution in [2.45, 2.75) is 38.6 Å². The molecule has 7 heteroatoms. The Bertz CT molecular complexity index is 975. The molecule has 1 heterocycles. The number of nitrogens with zero attached hydrogens (tertiary/aromatic N) is 2. The van der Waals surface area contributed by atoms with Crippen LogP contribution in [0.15, 0.2) is 35.4 Å². The molecule has 5 nitrogen and oxygen atoms in total. The fourth-order valence-electron chi connectivity index (χ4n) is 3.73. The fraction of sp³-hybridized carbons (Fsp3) is 0.364. The van der Waals surface area contributed by atoms with Crippen molar-refractivity contribution in [1.82, 2.24) is 5.43 Å². The van der Waals surface area contributed by atoms with Gasteiger partial charge in [0.2, 0.25) is 0 Å². The molecule has 1 N–H and O–H groups in total. The molecule has 0 radical (unpaired) electrons. The van der Waals surface area contributed by atoms with Crippen molar-refractivity contribution in [2.75, 3.05) is 19.1 Å². The van der Waals surface area contributed by atoms with Gasteiger partial charge in [-0.25, -0.2) is 5.43 Å². The predicted octanol–water partition coefficient (Wildman–Crippen LogP) is 5.44. The minimum atomic E-state index is -0.306. The van der Waals surface area contributed by atoms with E-state index in [0.29, 0.717) is 22.3 Å². The molecule has 1 amide bonds. The van der Waals surface area contributed by atoms with Crippen LogP contribution < -0.4 is 15.1 Å². The Labute approximate surface area is 190 Å². The van der Waals surface area contributed by atoms with Gasteiger partial charge in [0.15, 0.2) is 0 Å². The van der Waals surface area contributed by atoms with Gasteiger partial charge in [-0.05, 0) is 84.7 Å². The lowest BCUT2D eigenvalue weighted by Gasteiger charge is -2.45. The standard InChI is InChI=1S/C22H25ClIN3O2/c1-13-11-22(2,3)27(4)19-10-17(23)15(8-16(13)19)12-25-26-21(28)14-6-7-18(24)20(9-14)29-5/h6-10,12-13H,11H2,1-5H3,(H,26,28)/b25-12+/t13-/m0/s1. The highest BCUT2D eigenvalue weighted by atomic mass is 127. The number of methoxy groups -OCH3 is 1. The molecule has 0 spiro atoms. The van der Waals surface area contributed by atoms with Gasteiger partial charge in [-0.2, -0.15) is 5.10 Å². The van der Waals surface area contributed by atoms with E-state index in [-0.39, 0.29) is 11.4 Å². The van der Waals surface area contributed by atoms with Crippen LogP contribution in [-0.4, -0.2) is 31.8 Å². The number of halogens is 2. The Balaban J connectivity index is 1.80. The molecule has 29 heavy (non-hydrogen) atoms. The first-order valence-electron chi connectivity index (χ1n) is 9.38. The molecular formula is C22H25ClIN3O2. The van der Waals surface area contributed by atoms with E-state index in [9.17, 15) is 4.79 Å². The monoisotopic (exact) mass is 525 g/mol. The molecule has 2 aromatic carbocycles. The summed E-state index contributed by atoms with van der Waals surface area (Å²) in [5, 5.41) is 4.72. The number of ether oxygens (including phenoxy) is 1. The number of hydrogen-bond acceptors (Lipinski definition) is 4. The molecule has 0 aromatic heterocycles. The maximum Gasteiger partial charge on any atom is 0.271 e. The molecule has 1 aliphatic rings. The summed E-state index contributed by atoms with van der Waals surface area (Å²) in [6, 6.07) is 9.31. The number of carbonyl (C=O) groups excluding carboxylic acids is 1. The number of hydrazone groups is 1. The Hall–Kier alpha value is -1.80. The van der Waals surface area contributed by atoms with Gasteiger partial charge in [-0.1, -0.05) is 18.5 Å². The van der Waals surface area contributed by atoms with Crippen LogP contribution in [-0.2, 0) is 0 Å². The lowest BCUT2D eigenvalue weighted by Crippen LogP contribution is -2.45. The fourth-order valence-corrected chi connectivity index (χ4v) is 4.49. The number of nitrogens with one attached hydrogen (secondary N) is 1. The third kappa shape index (κ3) is 4.53. The predicted molar refractivity (Wildman–Crippen MR) is 128 cm³/mol. The van der Waals surface area contributed by atoms with Crippen LogP contribution in [0.2, 0.25) is 5.02 Å². The molecule has 154 valence electrons. The van der Waals surface area contributed by atoms with Crippen molar-refractivity contribution >= 4 is 52.0 Å². The molecule has 1 aliphatic heterocycles. The van der Waals surface area contributed by atoms with Crippen molar-refractivity contribution in [3.05, 3.63) is 55.6 Å². The number of amides is 1. The first-order valence-corrected chi connectivity index (χ1v) is 10.8. The van der Waals surface area contributed by atoms with Crippen LogP contribution in [0.4, 0.5) is 5.69 Å². The van der Waals surface area contributed by atoms with Crippen molar-refractivity contribution in [1.29, 1.82) is 0 Å². The molecule has 1 atom stereocenters. The number of anilines is 1. The average molecular weight is 526 g/mol. The number of rotatable bonds is 4. The number of hydrogen-bond donors (Lipinski definition) is 1. The quantitative estimate of drug-likeness (QED) is 0.329. The van der Waals surface area contributed by atoms with E-state index in [1.54, 1.807) is 25.5 Å². The van der Waals surface area contributed by atoms with E-state index in [4.69, 9.17) is 16.3 Å². The van der Waals surface area contributed by atoms with Crippen LogP contribution in [0, 0.1) is 3.57 Å². The minimum Gasteiger partial charge on any atom is -0.496 e. The van der Waals surface area contributed by atoms with Gasteiger partial charge in [0, 0.05) is 29.4 Å². The largest absolute Gasteiger partial charge is 0.496 e. The van der Waals surface area contributed by atoms with Gasteiger partial charge in [-0.15, -0.1) is 0 Å². The third-order valence-electron chi connectivity index (χ3n) is 5.54. The highest BCUT2D eigenvalue weighted by Crippen LogP contribution is 2.44. The SMILES string of the molecule is COc1cc(C(=O)N/N=C/c2cc3c(cc2Cl)N(C)C(C)(C)C[C@@H]3C)ccc1I. The second-order valence-corrected chi connectivity index (χ2v) is 9.53. The Morgan fingerprint density at radius 2 is 2.10 bits per heavy atom. The summed E-state index contributed by atoms with van der Waals surface area (Å²) in [7, 11) is 3.68. The second-order valence-electron chi connectivity index (χ2n) is 7.96. The normalized spacial score (nSPS) is 17.9. The lowest BCUT2D eigenvalue weighted by atomic mass is 9.80. The summed E-state index contributed by atoms with van der Waals surface area (Å²) in [5.41, 5.74) is 6.29. The summed E-state index contributed by atoms with van der Waals surface area (Å²) in [6.45, 7) is 6.71. The van der Waals surface area contributed by atoms with E-state index < -0.39 is 0 Å². The average Bonchev–Trinajstić information content (AvgIpc) is 2.67. The topological polar surface area (TPSA) is 53.9 Å². The van der Waals surface area contributed by atoms with Crippen LogP contribution in [0.3, 0.4) is 0 Å². The lowest BCUT2D eigenvalue weighted by molar-refractivity contribution is 0.0954. The van der Waals surface area contributed by atoms with Crippen LogP contribution in [0.5, 0.6) is 5.75 Å². The summed E-state index contributed by atoms with van der Waals surface area (Å²) in [4.78, 5) is 14.7. The molecule has 0 saturated carbocycles. The Morgan fingerprint density at radius 3 is 2.79 bits per heavy atom. The molecule has 0 unspecified atom stereocenters. The third-order valence-corrected chi connectivity index (χ3v) is 6.75. The molecule has 3 rings (SSSR count). The second kappa shape index (κ2) is 8.52. The number of fused-ring (bicyclic) bond motifs is 1. The zero-order valence-corrected chi connectivity index (χ0v) is 20.1. The van der Waals surface area contributed by atoms with Crippen molar-refractivity contribution < 1.29 is 9.53 Å². The molecule has 0 saturated heterocycles. The van der Waals surface area contributed by atoms with Gasteiger partial charge >= 0.3 is 0 Å². The summed E-state index contributed by atoms with van der Waals surface area (Å²) in [5.74, 6) is 0.760. The Morgan fingerprint density at radius 1 is 1.38 bits per heavy atom. The number of carbonyl (C=O) groups is 1. The first-order chi connectivity index (χ1) is 13.6. The van der Waals surface area contributed by atoms with Crippen LogP contribution in [0.25, 0.3) is 0 Å². The van der Waals surface area contributed by atoms with Gasteiger partial charge in [-0.3, -0.25) is 4.79 Å². The summed E-state index contributed by atoms with van der Waals surface area (Å²) < 4.78 is 6.20. The summed E-state index contributed by atoms with van der Waals surface area (Å²) >= 11 is 8.67. The van der Waals surface area contributed by atoms with Gasteiger partial charge in [0.05, 0.1) is 21.9 Å². The van der Waals surface area contributed by atoms with E-state index >= 15 is 0 Å². The zero-order valence-electron chi connectivity index (χ0n) is 17.2. The van der Waals surface area contributed by atoms with E-state index in [0.717, 1.165) is 21.2 Å². The maximum absolute atomic E-state index is 12.4. The van der Waals surface area contributed by atoms with Crippen molar-refractivity contribution in [3.8, 4) is 5.75 Å². The van der Waals surface area contributed by atoms with Gasteiger partial charge in [0.25, 0.3) is 5.91 Å². The first kappa shape index (κ1) is 21.9. The van der Waals surface area contributed by atoms with Crippen LogP contribution in [0.1, 0.15) is 54.6 Å².